The van der Waals surface area contributed by atoms with Gasteiger partial charge in [-0.3, -0.25) is 0 Å². The number of thiazole rings is 1. The van der Waals surface area contributed by atoms with Crippen LogP contribution < -0.4 is 10.2 Å². The molecule has 1 unspecified atom stereocenters. The lowest BCUT2D eigenvalue weighted by molar-refractivity contribution is 0.122. The third-order valence-electron chi connectivity index (χ3n) is 8.11. The lowest BCUT2D eigenvalue weighted by atomic mass is 9.95. The smallest absolute Gasteiger partial charge is 0.184 e. The number of hydrogen-bond acceptors (Lipinski definition) is 6. The second kappa shape index (κ2) is 10.6. The van der Waals surface area contributed by atoms with E-state index in [1.165, 1.54) is 59.1 Å². The molecule has 7 heteroatoms. The van der Waals surface area contributed by atoms with Crippen molar-refractivity contribution in [2.45, 2.75) is 71.4 Å². The van der Waals surface area contributed by atoms with E-state index in [1.54, 1.807) is 11.3 Å². The van der Waals surface area contributed by atoms with Crippen molar-refractivity contribution < 1.29 is 4.74 Å². The summed E-state index contributed by atoms with van der Waals surface area (Å²) in [5.41, 5.74) is 7.40. The normalized spacial score (nSPS) is 18.2. The van der Waals surface area contributed by atoms with E-state index in [2.05, 4.69) is 72.2 Å². The molecule has 2 fully saturated rings. The highest BCUT2D eigenvalue weighted by Gasteiger charge is 2.24. The Labute approximate surface area is 224 Å². The number of nitrogens with zero attached hydrogens (tertiary/aromatic N) is 4. The van der Waals surface area contributed by atoms with E-state index in [0.29, 0.717) is 12.0 Å². The van der Waals surface area contributed by atoms with Gasteiger partial charge in [0.15, 0.2) is 5.13 Å². The summed E-state index contributed by atoms with van der Waals surface area (Å²) in [6.45, 7) is 10.4. The van der Waals surface area contributed by atoms with Crippen molar-refractivity contribution in [1.82, 2.24) is 14.5 Å². The van der Waals surface area contributed by atoms with E-state index >= 15 is 0 Å². The summed E-state index contributed by atoms with van der Waals surface area (Å²) < 4.78 is 9.26. The van der Waals surface area contributed by atoms with Crippen LogP contribution in [-0.4, -0.2) is 46.9 Å². The van der Waals surface area contributed by atoms with Crippen molar-refractivity contribution in [3.63, 3.8) is 0 Å². The quantitative estimate of drug-likeness (QED) is 0.285. The zero-order valence-corrected chi connectivity index (χ0v) is 23.2. The summed E-state index contributed by atoms with van der Waals surface area (Å²) in [6, 6.07) is 12.3. The molecule has 1 N–H and O–H groups in total. The third kappa shape index (κ3) is 4.96. The minimum absolute atomic E-state index is 0.214. The average Bonchev–Trinajstić information content (AvgIpc) is 3.52. The number of fused-ring (bicyclic) bond motifs is 2. The molecule has 2 aromatic heterocycles. The fraction of sp³-hybridized carbons (Fsp3) is 0.533. The summed E-state index contributed by atoms with van der Waals surface area (Å²) in [5, 5.41) is 4.79. The number of rotatable bonds is 7. The first-order chi connectivity index (χ1) is 18.1. The number of aryl methyl sites for hydroxylation is 1. The van der Waals surface area contributed by atoms with Crippen LogP contribution in [0, 0.1) is 5.92 Å². The Morgan fingerprint density at radius 2 is 1.86 bits per heavy atom. The van der Waals surface area contributed by atoms with Crippen LogP contribution in [0.5, 0.6) is 0 Å². The minimum Gasteiger partial charge on any atom is -0.378 e. The van der Waals surface area contributed by atoms with E-state index in [9.17, 15) is 0 Å². The summed E-state index contributed by atoms with van der Waals surface area (Å²) >= 11 is 1.80. The molecule has 1 aliphatic carbocycles. The SMILES string of the molecule is CCc1cc(N2CCOCC2)cc2ncn(C(c3ccc4nc(NC5CCCCC5)sc4c3)C(C)C)c12. The molecular formula is C30H39N5OS. The van der Waals surface area contributed by atoms with E-state index in [-0.39, 0.29) is 6.04 Å². The molecule has 0 radical (unpaired) electrons. The second-order valence-electron chi connectivity index (χ2n) is 11.0. The van der Waals surface area contributed by atoms with Crippen molar-refractivity contribution in [3.05, 3.63) is 47.8 Å². The molecule has 37 heavy (non-hydrogen) atoms. The topological polar surface area (TPSA) is 55.2 Å². The zero-order valence-electron chi connectivity index (χ0n) is 22.4. The number of ether oxygens (including phenoxy) is 1. The molecule has 1 saturated heterocycles. The predicted octanol–water partition coefficient (Wildman–Crippen LogP) is 7.04. The standard InChI is InChI=1S/C30H39N5OS/c1-4-21-16-24(34-12-14-36-15-13-34)18-26-29(21)35(19-31-26)28(20(2)3)22-10-11-25-27(17-22)37-30(33-25)32-23-8-6-5-7-9-23/h10-11,16-20,23,28H,4-9,12-15H2,1-3H3,(H,32,33). The Hall–Kier alpha value is -2.64. The molecule has 6 nitrogen and oxygen atoms in total. The first kappa shape index (κ1) is 24.7. The molecule has 2 aliphatic rings. The van der Waals surface area contributed by atoms with Crippen LogP contribution in [0.25, 0.3) is 21.3 Å². The molecule has 0 spiro atoms. The Morgan fingerprint density at radius 1 is 1.05 bits per heavy atom. The number of imidazole rings is 1. The number of morpholine rings is 1. The highest BCUT2D eigenvalue weighted by molar-refractivity contribution is 7.22. The number of aromatic nitrogens is 3. The molecule has 0 amide bonds. The lowest BCUT2D eigenvalue weighted by Gasteiger charge is -2.30. The molecule has 2 aromatic carbocycles. The Morgan fingerprint density at radius 3 is 2.62 bits per heavy atom. The van der Waals surface area contributed by atoms with Gasteiger partial charge in [0.05, 0.1) is 46.8 Å². The van der Waals surface area contributed by atoms with E-state index in [0.717, 1.165) is 48.9 Å². The fourth-order valence-electron chi connectivity index (χ4n) is 6.20. The van der Waals surface area contributed by atoms with E-state index in [1.807, 2.05) is 0 Å². The van der Waals surface area contributed by atoms with Crippen LogP contribution in [0.2, 0.25) is 0 Å². The van der Waals surface area contributed by atoms with Crippen LogP contribution in [0.4, 0.5) is 10.8 Å². The molecule has 6 rings (SSSR count). The van der Waals surface area contributed by atoms with Gasteiger partial charge in [0.25, 0.3) is 0 Å². The monoisotopic (exact) mass is 517 g/mol. The molecule has 0 bridgehead atoms. The van der Waals surface area contributed by atoms with Crippen LogP contribution in [-0.2, 0) is 11.2 Å². The number of hydrogen-bond donors (Lipinski definition) is 1. The molecule has 1 saturated carbocycles. The summed E-state index contributed by atoms with van der Waals surface area (Å²) in [4.78, 5) is 12.3. The van der Waals surface area contributed by atoms with Crippen molar-refractivity contribution in [1.29, 1.82) is 0 Å². The predicted molar refractivity (Wildman–Crippen MR) is 155 cm³/mol. The van der Waals surface area contributed by atoms with Gasteiger partial charge in [-0.25, -0.2) is 9.97 Å². The summed E-state index contributed by atoms with van der Waals surface area (Å²) in [6.07, 6.45) is 9.59. The summed E-state index contributed by atoms with van der Waals surface area (Å²) in [7, 11) is 0. The van der Waals surface area contributed by atoms with Crippen molar-refractivity contribution >= 4 is 43.4 Å². The molecular weight excluding hydrogens is 478 g/mol. The van der Waals surface area contributed by atoms with Gasteiger partial charge < -0.3 is 19.5 Å². The average molecular weight is 518 g/mol. The molecule has 196 valence electrons. The zero-order chi connectivity index (χ0) is 25.4. The molecule has 1 aliphatic heterocycles. The Kier molecular flexibility index (Phi) is 7.08. The molecule has 4 aromatic rings. The fourth-order valence-corrected chi connectivity index (χ4v) is 7.19. The van der Waals surface area contributed by atoms with Gasteiger partial charge in [-0.1, -0.05) is 57.4 Å². The summed E-state index contributed by atoms with van der Waals surface area (Å²) in [5.74, 6) is 0.422. The first-order valence-electron chi connectivity index (χ1n) is 14.1. The Bertz CT molecular complexity index is 1360. The van der Waals surface area contributed by atoms with Gasteiger partial charge in [0.2, 0.25) is 0 Å². The van der Waals surface area contributed by atoms with Crippen LogP contribution >= 0.6 is 11.3 Å². The van der Waals surface area contributed by atoms with Crippen molar-refractivity contribution in [3.8, 4) is 0 Å². The molecule has 1 atom stereocenters. The highest BCUT2D eigenvalue weighted by atomic mass is 32.1. The van der Waals surface area contributed by atoms with Gasteiger partial charge >= 0.3 is 0 Å². The maximum atomic E-state index is 5.58. The molecule has 3 heterocycles. The van der Waals surface area contributed by atoms with Crippen molar-refractivity contribution in [2.24, 2.45) is 5.92 Å². The van der Waals surface area contributed by atoms with Gasteiger partial charge in [-0.05, 0) is 60.6 Å². The van der Waals surface area contributed by atoms with Crippen LogP contribution in [0.15, 0.2) is 36.7 Å². The van der Waals surface area contributed by atoms with Gasteiger partial charge in [-0.2, -0.15) is 0 Å². The highest BCUT2D eigenvalue weighted by Crippen LogP contribution is 2.37. The number of anilines is 2. The maximum absolute atomic E-state index is 5.58. The Balaban J connectivity index is 1.35. The van der Waals surface area contributed by atoms with Gasteiger partial charge in [0.1, 0.15) is 0 Å². The van der Waals surface area contributed by atoms with Crippen LogP contribution in [0.1, 0.15) is 70.0 Å². The van der Waals surface area contributed by atoms with Crippen LogP contribution in [0.3, 0.4) is 0 Å². The second-order valence-corrected chi connectivity index (χ2v) is 12.0. The third-order valence-corrected chi connectivity index (χ3v) is 9.06. The van der Waals surface area contributed by atoms with Gasteiger partial charge in [-0.15, -0.1) is 0 Å². The lowest BCUT2D eigenvalue weighted by Crippen LogP contribution is -2.36. The maximum Gasteiger partial charge on any atom is 0.184 e. The first-order valence-corrected chi connectivity index (χ1v) is 14.9. The van der Waals surface area contributed by atoms with E-state index < -0.39 is 0 Å². The number of nitrogens with one attached hydrogen (secondary N) is 1. The minimum atomic E-state index is 0.214. The van der Waals surface area contributed by atoms with Gasteiger partial charge in [0, 0.05) is 24.8 Å². The van der Waals surface area contributed by atoms with E-state index in [4.69, 9.17) is 14.7 Å². The van der Waals surface area contributed by atoms with Crippen molar-refractivity contribution in [2.75, 3.05) is 36.5 Å². The number of benzene rings is 2. The largest absolute Gasteiger partial charge is 0.378 e.